The van der Waals surface area contributed by atoms with Gasteiger partial charge in [0.2, 0.25) is 0 Å². The van der Waals surface area contributed by atoms with Gasteiger partial charge in [0.05, 0.1) is 17.0 Å². The highest BCUT2D eigenvalue weighted by atomic mass is 32.2. The highest BCUT2D eigenvalue weighted by molar-refractivity contribution is 8.00. The zero-order valence-electron chi connectivity index (χ0n) is 8.95. The number of carbonyl (C=O) groups is 1. The standard InChI is InChI=1S/C10H18O3S/c1-7(9(11)12)14-6-8-4-5-10(2,3)13-8/h7-8H,4-6H2,1-3H3,(H,11,12). The Kier molecular flexibility index (Phi) is 3.84. The van der Waals surface area contributed by atoms with Gasteiger partial charge >= 0.3 is 5.97 Å². The molecule has 82 valence electrons. The van der Waals surface area contributed by atoms with Crippen LogP contribution in [0.1, 0.15) is 33.6 Å². The molecular formula is C10H18O3S. The van der Waals surface area contributed by atoms with Gasteiger partial charge in [-0.05, 0) is 33.6 Å². The molecule has 0 aromatic heterocycles. The molecule has 1 N–H and O–H groups in total. The molecule has 1 rings (SSSR count). The predicted octanol–water partition coefficient (Wildman–Crippen LogP) is 2.15. The lowest BCUT2D eigenvalue weighted by Gasteiger charge is -2.19. The van der Waals surface area contributed by atoms with Gasteiger partial charge in [-0.15, -0.1) is 11.8 Å². The predicted molar refractivity (Wildman–Crippen MR) is 57.7 cm³/mol. The maximum Gasteiger partial charge on any atom is 0.316 e. The van der Waals surface area contributed by atoms with Crippen LogP contribution in [0.3, 0.4) is 0 Å². The van der Waals surface area contributed by atoms with E-state index in [2.05, 4.69) is 13.8 Å². The molecule has 0 amide bonds. The zero-order chi connectivity index (χ0) is 10.8. The number of thioether (sulfide) groups is 1. The van der Waals surface area contributed by atoms with Crippen molar-refractivity contribution in [3.63, 3.8) is 0 Å². The van der Waals surface area contributed by atoms with Gasteiger partial charge in [0, 0.05) is 5.75 Å². The van der Waals surface area contributed by atoms with E-state index in [4.69, 9.17) is 9.84 Å². The maximum absolute atomic E-state index is 10.6. The number of aliphatic carboxylic acids is 1. The molecule has 0 radical (unpaired) electrons. The van der Waals surface area contributed by atoms with E-state index in [1.165, 1.54) is 11.8 Å². The molecule has 0 aromatic rings. The molecule has 2 unspecified atom stereocenters. The monoisotopic (exact) mass is 218 g/mol. The Morgan fingerprint density at radius 2 is 2.36 bits per heavy atom. The van der Waals surface area contributed by atoms with Crippen molar-refractivity contribution >= 4 is 17.7 Å². The number of rotatable bonds is 4. The molecule has 1 aliphatic heterocycles. The van der Waals surface area contributed by atoms with Crippen molar-refractivity contribution in [3.8, 4) is 0 Å². The molecular weight excluding hydrogens is 200 g/mol. The molecule has 0 saturated carbocycles. The number of carboxylic acid groups (broad SMARTS) is 1. The average molecular weight is 218 g/mol. The van der Waals surface area contributed by atoms with Crippen LogP contribution in [-0.4, -0.2) is 33.8 Å². The van der Waals surface area contributed by atoms with Crippen molar-refractivity contribution in [2.45, 2.75) is 50.6 Å². The fourth-order valence-corrected chi connectivity index (χ4v) is 2.40. The number of hydrogen-bond donors (Lipinski definition) is 1. The molecule has 0 aliphatic carbocycles. The smallest absolute Gasteiger partial charge is 0.316 e. The Balaban J connectivity index is 2.24. The highest BCUT2D eigenvalue weighted by Gasteiger charge is 2.31. The third kappa shape index (κ3) is 3.50. The van der Waals surface area contributed by atoms with E-state index < -0.39 is 5.97 Å². The lowest BCUT2D eigenvalue weighted by atomic mass is 10.1. The summed E-state index contributed by atoms with van der Waals surface area (Å²) in [6.07, 6.45) is 2.35. The van der Waals surface area contributed by atoms with E-state index in [0.29, 0.717) is 0 Å². The first-order valence-electron chi connectivity index (χ1n) is 4.93. The van der Waals surface area contributed by atoms with Crippen LogP contribution in [0.5, 0.6) is 0 Å². The molecule has 1 saturated heterocycles. The minimum absolute atomic E-state index is 0.0162. The molecule has 0 spiro atoms. The van der Waals surface area contributed by atoms with E-state index in [0.717, 1.165) is 18.6 Å². The third-order valence-electron chi connectivity index (χ3n) is 2.43. The number of carboxylic acids is 1. The van der Waals surface area contributed by atoms with Gasteiger partial charge in [0.1, 0.15) is 0 Å². The molecule has 3 nitrogen and oxygen atoms in total. The van der Waals surface area contributed by atoms with E-state index in [1.807, 2.05) is 0 Å². The second-order valence-corrected chi connectivity index (χ2v) is 5.73. The molecule has 4 heteroatoms. The van der Waals surface area contributed by atoms with Gasteiger partial charge < -0.3 is 9.84 Å². The number of hydrogen-bond acceptors (Lipinski definition) is 3. The zero-order valence-corrected chi connectivity index (χ0v) is 9.76. The first-order chi connectivity index (χ1) is 6.41. The van der Waals surface area contributed by atoms with Crippen LogP contribution < -0.4 is 0 Å². The largest absolute Gasteiger partial charge is 0.480 e. The molecule has 1 heterocycles. The van der Waals surface area contributed by atoms with Gasteiger partial charge in [0.25, 0.3) is 0 Å². The van der Waals surface area contributed by atoms with Crippen LogP contribution in [0.25, 0.3) is 0 Å². The summed E-state index contributed by atoms with van der Waals surface area (Å²) in [5, 5.41) is 8.37. The van der Waals surface area contributed by atoms with E-state index in [-0.39, 0.29) is 17.0 Å². The fourth-order valence-electron chi connectivity index (χ4n) is 1.52. The summed E-state index contributed by atoms with van der Waals surface area (Å²) in [6, 6.07) is 0. The Bertz CT molecular complexity index is 215. The minimum atomic E-state index is -0.743. The van der Waals surface area contributed by atoms with Crippen molar-refractivity contribution in [1.82, 2.24) is 0 Å². The minimum Gasteiger partial charge on any atom is -0.480 e. The summed E-state index contributed by atoms with van der Waals surface area (Å²) in [6.45, 7) is 5.88. The van der Waals surface area contributed by atoms with Crippen LogP contribution >= 0.6 is 11.8 Å². The lowest BCUT2D eigenvalue weighted by molar-refractivity contribution is -0.136. The van der Waals surface area contributed by atoms with Gasteiger partial charge in [-0.25, -0.2) is 0 Å². The summed E-state index contributed by atoms with van der Waals surface area (Å²) >= 11 is 1.46. The molecule has 0 bridgehead atoms. The Hall–Kier alpha value is -0.220. The SMILES string of the molecule is CC(SCC1CCC(C)(C)O1)C(=O)O. The first kappa shape index (κ1) is 11.9. The average Bonchev–Trinajstić information content (AvgIpc) is 2.41. The van der Waals surface area contributed by atoms with Crippen LogP contribution in [0.15, 0.2) is 0 Å². The second kappa shape index (κ2) is 4.53. The van der Waals surface area contributed by atoms with Crippen LogP contribution in [0, 0.1) is 0 Å². The van der Waals surface area contributed by atoms with E-state index in [9.17, 15) is 4.79 Å². The highest BCUT2D eigenvalue weighted by Crippen LogP contribution is 2.31. The normalized spacial score (nSPS) is 27.5. The summed E-state index contributed by atoms with van der Waals surface area (Å²) in [7, 11) is 0. The van der Waals surface area contributed by atoms with Crippen molar-refractivity contribution in [2.75, 3.05) is 5.75 Å². The molecule has 2 atom stereocenters. The van der Waals surface area contributed by atoms with E-state index >= 15 is 0 Å². The summed E-state index contributed by atoms with van der Waals surface area (Å²) in [5.74, 6) is 0.0453. The van der Waals surface area contributed by atoms with Crippen molar-refractivity contribution < 1.29 is 14.6 Å². The molecule has 0 aromatic carbocycles. The summed E-state index contributed by atoms with van der Waals surface area (Å²) in [4.78, 5) is 10.6. The maximum atomic E-state index is 10.6. The van der Waals surface area contributed by atoms with Crippen molar-refractivity contribution in [2.24, 2.45) is 0 Å². The number of ether oxygens (including phenoxy) is 1. The van der Waals surface area contributed by atoms with E-state index in [1.54, 1.807) is 6.92 Å². The lowest BCUT2D eigenvalue weighted by Crippen LogP contribution is -2.22. The van der Waals surface area contributed by atoms with Gasteiger partial charge in [0.15, 0.2) is 0 Å². The third-order valence-corrected chi connectivity index (χ3v) is 3.70. The summed E-state index contributed by atoms with van der Waals surface area (Å²) < 4.78 is 5.77. The Morgan fingerprint density at radius 3 is 2.79 bits per heavy atom. The van der Waals surface area contributed by atoms with Crippen molar-refractivity contribution in [1.29, 1.82) is 0 Å². The molecule has 1 fully saturated rings. The summed E-state index contributed by atoms with van der Waals surface area (Å²) in [5.41, 5.74) is -0.0162. The van der Waals surface area contributed by atoms with Gasteiger partial charge in [-0.2, -0.15) is 0 Å². The Labute approximate surface area is 89.2 Å². The second-order valence-electron chi connectivity index (χ2n) is 4.35. The van der Waals surface area contributed by atoms with Crippen LogP contribution in [0.4, 0.5) is 0 Å². The van der Waals surface area contributed by atoms with Crippen LogP contribution in [0.2, 0.25) is 0 Å². The van der Waals surface area contributed by atoms with Gasteiger partial charge in [-0.1, -0.05) is 0 Å². The fraction of sp³-hybridized carbons (Fsp3) is 0.900. The van der Waals surface area contributed by atoms with Gasteiger partial charge in [-0.3, -0.25) is 4.79 Å². The topological polar surface area (TPSA) is 46.5 Å². The van der Waals surface area contributed by atoms with Crippen LogP contribution in [-0.2, 0) is 9.53 Å². The molecule has 14 heavy (non-hydrogen) atoms. The molecule has 1 aliphatic rings. The van der Waals surface area contributed by atoms with Crippen molar-refractivity contribution in [3.05, 3.63) is 0 Å². The first-order valence-corrected chi connectivity index (χ1v) is 5.98. The quantitative estimate of drug-likeness (QED) is 0.785. The Morgan fingerprint density at radius 1 is 1.71 bits per heavy atom.